The molecule has 1 rings (SSSR count). The standard InChI is InChI=1S/C7H15N3/c1-10(5-7(8)9)4-6-2-3-6/h6H,2-5H2,1H3,(H3,8,9). The number of amidine groups is 1. The molecule has 3 heteroatoms. The minimum Gasteiger partial charge on any atom is -0.387 e. The van der Waals surface area contributed by atoms with Crippen molar-refractivity contribution in [3.05, 3.63) is 0 Å². The smallest absolute Gasteiger partial charge is 0.105 e. The van der Waals surface area contributed by atoms with Gasteiger partial charge in [0.1, 0.15) is 5.84 Å². The van der Waals surface area contributed by atoms with Crippen LogP contribution in [0.2, 0.25) is 0 Å². The maximum absolute atomic E-state index is 7.03. The third kappa shape index (κ3) is 2.82. The van der Waals surface area contributed by atoms with Crippen LogP contribution in [0.4, 0.5) is 0 Å². The summed E-state index contributed by atoms with van der Waals surface area (Å²) in [5, 5.41) is 7.03. The fourth-order valence-corrected chi connectivity index (χ4v) is 1.10. The second kappa shape index (κ2) is 3.01. The molecule has 1 aliphatic rings. The van der Waals surface area contributed by atoms with E-state index in [4.69, 9.17) is 11.1 Å². The molecule has 0 aromatic heterocycles. The van der Waals surface area contributed by atoms with E-state index < -0.39 is 0 Å². The predicted molar refractivity (Wildman–Crippen MR) is 42.1 cm³/mol. The Labute approximate surface area is 61.7 Å². The molecular formula is C7H15N3. The lowest BCUT2D eigenvalue weighted by molar-refractivity contribution is 0.362. The maximum Gasteiger partial charge on any atom is 0.105 e. The van der Waals surface area contributed by atoms with Crippen LogP contribution in [-0.2, 0) is 0 Å². The molecule has 0 amide bonds. The Bertz CT molecular complexity index is 129. The van der Waals surface area contributed by atoms with Gasteiger partial charge in [-0.15, -0.1) is 0 Å². The monoisotopic (exact) mass is 141 g/mol. The summed E-state index contributed by atoms with van der Waals surface area (Å²) in [5.41, 5.74) is 5.23. The molecule has 0 heterocycles. The van der Waals surface area contributed by atoms with Crippen LogP contribution in [0.3, 0.4) is 0 Å². The Morgan fingerprint density at radius 3 is 2.70 bits per heavy atom. The van der Waals surface area contributed by atoms with Crippen LogP contribution in [0.5, 0.6) is 0 Å². The lowest BCUT2D eigenvalue weighted by atomic mass is 10.4. The van der Waals surface area contributed by atoms with E-state index in [9.17, 15) is 0 Å². The molecule has 0 radical (unpaired) electrons. The minimum absolute atomic E-state index is 0.267. The first-order valence-corrected chi connectivity index (χ1v) is 3.70. The molecule has 0 aromatic rings. The molecule has 0 bridgehead atoms. The number of nitrogens with one attached hydrogen (secondary N) is 1. The zero-order chi connectivity index (χ0) is 7.56. The molecule has 58 valence electrons. The van der Waals surface area contributed by atoms with Crippen LogP contribution in [0.25, 0.3) is 0 Å². The maximum atomic E-state index is 7.03. The number of hydrogen-bond acceptors (Lipinski definition) is 2. The van der Waals surface area contributed by atoms with Gasteiger partial charge in [-0.3, -0.25) is 10.3 Å². The first-order valence-electron chi connectivity index (χ1n) is 3.70. The van der Waals surface area contributed by atoms with E-state index in [1.807, 2.05) is 7.05 Å². The topological polar surface area (TPSA) is 53.1 Å². The Hall–Kier alpha value is -0.570. The normalized spacial score (nSPS) is 17.8. The fraction of sp³-hybridized carbons (Fsp3) is 0.857. The van der Waals surface area contributed by atoms with Crippen LogP contribution >= 0.6 is 0 Å². The summed E-state index contributed by atoms with van der Waals surface area (Å²) in [7, 11) is 2.01. The lowest BCUT2D eigenvalue weighted by Gasteiger charge is -2.13. The number of nitrogens with zero attached hydrogens (tertiary/aromatic N) is 1. The van der Waals surface area contributed by atoms with Gasteiger partial charge in [-0.05, 0) is 25.8 Å². The van der Waals surface area contributed by atoms with Crippen molar-refractivity contribution >= 4 is 5.84 Å². The summed E-state index contributed by atoms with van der Waals surface area (Å²) in [6.45, 7) is 1.73. The van der Waals surface area contributed by atoms with Crippen molar-refractivity contribution in [2.24, 2.45) is 11.7 Å². The van der Waals surface area contributed by atoms with Gasteiger partial charge in [-0.2, -0.15) is 0 Å². The van der Waals surface area contributed by atoms with Gasteiger partial charge in [0, 0.05) is 6.54 Å². The van der Waals surface area contributed by atoms with E-state index in [1.165, 1.54) is 12.8 Å². The van der Waals surface area contributed by atoms with E-state index in [1.54, 1.807) is 0 Å². The molecule has 0 atom stereocenters. The molecule has 1 aliphatic carbocycles. The first kappa shape index (κ1) is 7.54. The fourth-order valence-electron chi connectivity index (χ4n) is 1.10. The number of hydrogen-bond donors (Lipinski definition) is 2. The predicted octanol–water partition coefficient (Wildman–Crippen LogP) is 0.264. The van der Waals surface area contributed by atoms with Crippen molar-refractivity contribution in [2.75, 3.05) is 20.1 Å². The largest absolute Gasteiger partial charge is 0.387 e. The van der Waals surface area contributed by atoms with Gasteiger partial charge < -0.3 is 5.73 Å². The summed E-state index contributed by atoms with van der Waals surface area (Å²) in [4.78, 5) is 2.11. The molecule has 0 spiro atoms. The lowest BCUT2D eigenvalue weighted by Crippen LogP contribution is -2.31. The molecular weight excluding hydrogens is 126 g/mol. The van der Waals surface area contributed by atoms with Gasteiger partial charge >= 0.3 is 0 Å². The van der Waals surface area contributed by atoms with E-state index in [0.717, 1.165) is 12.5 Å². The van der Waals surface area contributed by atoms with Gasteiger partial charge in [0.2, 0.25) is 0 Å². The molecule has 0 unspecified atom stereocenters. The third-order valence-electron chi connectivity index (χ3n) is 1.71. The van der Waals surface area contributed by atoms with Gasteiger partial charge in [0.15, 0.2) is 0 Å². The van der Waals surface area contributed by atoms with Crippen molar-refractivity contribution < 1.29 is 0 Å². The van der Waals surface area contributed by atoms with Crippen molar-refractivity contribution in [1.29, 1.82) is 5.41 Å². The van der Waals surface area contributed by atoms with Crippen molar-refractivity contribution in [2.45, 2.75) is 12.8 Å². The van der Waals surface area contributed by atoms with Crippen LogP contribution in [0.15, 0.2) is 0 Å². The average molecular weight is 141 g/mol. The van der Waals surface area contributed by atoms with E-state index >= 15 is 0 Å². The van der Waals surface area contributed by atoms with Crippen LogP contribution < -0.4 is 5.73 Å². The van der Waals surface area contributed by atoms with Crippen molar-refractivity contribution in [1.82, 2.24) is 4.90 Å². The Morgan fingerprint density at radius 1 is 1.70 bits per heavy atom. The Kier molecular flexibility index (Phi) is 2.27. The third-order valence-corrected chi connectivity index (χ3v) is 1.71. The second-order valence-corrected chi connectivity index (χ2v) is 3.17. The zero-order valence-corrected chi connectivity index (χ0v) is 6.43. The van der Waals surface area contributed by atoms with Gasteiger partial charge in [0.25, 0.3) is 0 Å². The highest BCUT2D eigenvalue weighted by Crippen LogP contribution is 2.29. The summed E-state index contributed by atoms with van der Waals surface area (Å²) in [5.74, 6) is 1.16. The van der Waals surface area contributed by atoms with E-state index in [-0.39, 0.29) is 5.84 Å². The second-order valence-electron chi connectivity index (χ2n) is 3.17. The van der Waals surface area contributed by atoms with Crippen LogP contribution in [0.1, 0.15) is 12.8 Å². The molecule has 0 aliphatic heterocycles. The summed E-state index contributed by atoms with van der Waals surface area (Å²) >= 11 is 0. The highest BCUT2D eigenvalue weighted by Gasteiger charge is 2.22. The molecule has 3 nitrogen and oxygen atoms in total. The molecule has 1 fully saturated rings. The molecule has 3 N–H and O–H groups in total. The highest BCUT2D eigenvalue weighted by atomic mass is 15.1. The number of nitrogens with two attached hydrogens (primary N) is 1. The quantitative estimate of drug-likeness (QED) is 0.436. The minimum atomic E-state index is 0.267. The van der Waals surface area contributed by atoms with Crippen molar-refractivity contribution in [3.8, 4) is 0 Å². The van der Waals surface area contributed by atoms with Gasteiger partial charge in [-0.25, -0.2) is 0 Å². The highest BCUT2D eigenvalue weighted by molar-refractivity contribution is 5.78. The van der Waals surface area contributed by atoms with Crippen LogP contribution in [0, 0.1) is 11.3 Å². The molecule has 1 saturated carbocycles. The van der Waals surface area contributed by atoms with E-state index in [0.29, 0.717) is 6.54 Å². The Balaban J connectivity index is 2.07. The summed E-state index contributed by atoms with van der Waals surface area (Å²) in [6.07, 6.45) is 2.73. The van der Waals surface area contributed by atoms with E-state index in [2.05, 4.69) is 4.90 Å². The number of rotatable bonds is 4. The van der Waals surface area contributed by atoms with Gasteiger partial charge in [-0.1, -0.05) is 0 Å². The molecule has 0 saturated heterocycles. The van der Waals surface area contributed by atoms with Crippen molar-refractivity contribution in [3.63, 3.8) is 0 Å². The Morgan fingerprint density at radius 2 is 2.30 bits per heavy atom. The van der Waals surface area contributed by atoms with Crippen LogP contribution in [-0.4, -0.2) is 30.9 Å². The van der Waals surface area contributed by atoms with Gasteiger partial charge in [0.05, 0.1) is 6.54 Å². The molecule has 10 heavy (non-hydrogen) atoms. The number of likely N-dealkylation sites (N-methyl/N-ethyl adjacent to an activating group) is 1. The molecule has 0 aromatic carbocycles. The SMILES string of the molecule is CN(CC(=N)N)CC1CC1. The summed E-state index contributed by atoms with van der Waals surface area (Å²) in [6, 6.07) is 0. The zero-order valence-electron chi connectivity index (χ0n) is 6.43. The summed E-state index contributed by atoms with van der Waals surface area (Å²) < 4.78 is 0. The average Bonchev–Trinajstić information content (AvgIpc) is 2.46. The first-order chi connectivity index (χ1) is 4.68.